The van der Waals surface area contributed by atoms with Gasteiger partial charge in [0.15, 0.2) is 11.5 Å². The van der Waals surface area contributed by atoms with E-state index in [1.807, 2.05) is 0 Å². The first-order valence-electron chi connectivity index (χ1n) is 8.84. The fourth-order valence-electron chi connectivity index (χ4n) is 2.61. The molecule has 1 amide bonds. The van der Waals surface area contributed by atoms with Gasteiger partial charge >= 0.3 is 10.1 Å². The van der Waals surface area contributed by atoms with Crippen molar-refractivity contribution < 1.29 is 30.6 Å². The molecular weight excluding hydrogens is 468 g/mol. The van der Waals surface area contributed by atoms with Crippen LogP contribution in [0.3, 0.4) is 0 Å². The molecule has 2 aliphatic rings. The van der Waals surface area contributed by atoms with Gasteiger partial charge in [0.05, 0.1) is 36.1 Å². The van der Waals surface area contributed by atoms with Gasteiger partial charge < -0.3 is 8.92 Å². The maximum Gasteiger partial charge on any atom is 0.306 e. The van der Waals surface area contributed by atoms with Gasteiger partial charge in [-0.1, -0.05) is 13.0 Å². The van der Waals surface area contributed by atoms with Gasteiger partial charge in [-0.3, -0.25) is 10.2 Å². The molecule has 0 radical (unpaired) electrons. The number of rotatable bonds is 6. The van der Waals surface area contributed by atoms with E-state index >= 15 is 0 Å². The molecule has 0 unspecified atom stereocenters. The molecule has 166 valence electrons. The molecule has 0 atom stereocenters. The molecule has 11 nitrogen and oxygen atoms in total. The Bertz CT molecular complexity index is 1260. The molecule has 2 aliphatic heterocycles. The lowest BCUT2D eigenvalue weighted by atomic mass is 10.1. The molecule has 1 N–H and O–H groups in total. The Hall–Kier alpha value is -2.71. The van der Waals surface area contributed by atoms with Crippen LogP contribution in [0.1, 0.15) is 19.4 Å². The number of ether oxygens (including phenoxy) is 1. The van der Waals surface area contributed by atoms with E-state index in [0.29, 0.717) is 17.5 Å². The topological polar surface area (TPSA) is 156 Å². The predicted octanol–water partition coefficient (Wildman–Crippen LogP) is 1.44. The van der Waals surface area contributed by atoms with Crippen molar-refractivity contribution in [3.8, 4) is 11.5 Å². The molecule has 1 aromatic carbocycles. The minimum atomic E-state index is -3.79. The van der Waals surface area contributed by atoms with Crippen molar-refractivity contribution in [2.45, 2.75) is 13.8 Å². The van der Waals surface area contributed by atoms with Gasteiger partial charge in [0.2, 0.25) is 20.2 Å². The Balaban J connectivity index is 2.02. The monoisotopic (exact) mass is 486 g/mol. The normalized spacial score (nSPS) is 18.0. The number of amidine groups is 3. The number of hydrogen-bond donors (Lipinski definition) is 1. The van der Waals surface area contributed by atoms with E-state index in [2.05, 4.69) is 9.39 Å². The number of carbonyl (C=O) groups excluding carboxylic acids is 1. The lowest BCUT2D eigenvalue weighted by Crippen LogP contribution is -2.45. The molecule has 0 saturated carbocycles. The fraction of sp³-hybridized carbons (Fsp3) is 0.294. The van der Waals surface area contributed by atoms with Crippen LogP contribution in [-0.4, -0.2) is 62.4 Å². The summed E-state index contributed by atoms with van der Waals surface area (Å²) in [6, 6.07) is 4.25. The van der Waals surface area contributed by atoms with Crippen LogP contribution in [0.15, 0.2) is 33.2 Å². The number of fused-ring (bicyclic) bond motifs is 1. The second-order valence-electron chi connectivity index (χ2n) is 6.24. The van der Waals surface area contributed by atoms with E-state index in [4.69, 9.17) is 14.3 Å². The summed E-state index contributed by atoms with van der Waals surface area (Å²) in [5.74, 6) is -1.26. The van der Waals surface area contributed by atoms with Crippen LogP contribution >= 0.6 is 11.9 Å². The second kappa shape index (κ2) is 8.43. The Morgan fingerprint density at radius 3 is 2.52 bits per heavy atom. The van der Waals surface area contributed by atoms with Gasteiger partial charge in [-0.05, 0) is 30.7 Å². The van der Waals surface area contributed by atoms with E-state index in [1.165, 1.54) is 31.2 Å². The zero-order valence-corrected chi connectivity index (χ0v) is 19.1. The number of nitrogens with one attached hydrogen (secondary N) is 1. The molecular formula is C17H18N4O7S3. The van der Waals surface area contributed by atoms with E-state index in [0.717, 1.165) is 11.2 Å². The van der Waals surface area contributed by atoms with Gasteiger partial charge in [0.25, 0.3) is 5.91 Å². The van der Waals surface area contributed by atoms with Gasteiger partial charge in [-0.15, -0.1) is 0 Å². The van der Waals surface area contributed by atoms with Crippen molar-refractivity contribution in [2.24, 2.45) is 9.39 Å². The molecule has 0 aliphatic carbocycles. The smallest absolute Gasteiger partial charge is 0.306 e. The van der Waals surface area contributed by atoms with Crippen molar-refractivity contribution in [1.29, 1.82) is 5.41 Å². The van der Waals surface area contributed by atoms with Crippen LogP contribution in [0.5, 0.6) is 11.5 Å². The van der Waals surface area contributed by atoms with E-state index in [9.17, 15) is 21.6 Å². The highest BCUT2D eigenvalue weighted by Gasteiger charge is 2.42. The molecule has 0 fully saturated rings. The van der Waals surface area contributed by atoms with Gasteiger partial charge in [0, 0.05) is 0 Å². The summed E-state index contributed by atoms with van der Waals surface area (Å²) in [5, 5.41) is 8.03. The largest absolute Gasteiger partial charge is 0.490 e. The Morgan fingerprint density at radius 2 is 1.90 bits per heavy atom. The summed E-state index contributed by atoms with van der Waals surface area (Å²) in [6.45, 7) is 3.37. The third-order valence-corrected chi connectivity index (χ3v) is 6.86. The summed E-state index contributed by atoms with van der Waals surface area (Å²) in [4.78, 5) is 17.3. The summed E-state index contributed by atoms with van der Waals surface area (Å²) in [5.41, 5.74) is 0.226. The SMILES string of the molecule is CCOc1cc(C=C2C(=N)N3C(=NC2=O)SN=C3S(=O)(=O)CC)ccc1OS(C)(=O)=O. The standard InChI is InChI=1S/C17H18N4O7S3/c1-4-27-13-9-10(6-7-12(13)28-30(3,23)24)8-11-14(18)21-16(19-15(11)22)29-20-17(21)31(25,26)5-2/h6-9,18H,4-5H2,1-3H3. The number of amides is 1. The maximum absolute atomic E-state index is 12.5. The number of benzene rings is 1. The number of carbonyl (C=O) groups is 1. The van der Waals surface area contributed by atoms with Crippen LogP contribution in [0, 0.1) is 5.41 Å². The van der Waals surface area contributed by atoms with Crippen molar-refractivity contribution in [2.75, 3.05) is 18.6 Å². The number of sulfone groups is 1. The number of aliphatic imine (C=N–C) groups is 1. The molecule has 0 spiro atoms. The highest BCUT2D eigenvalue weighted by atomic mass is 32.2. The molecule has 0 bridgehead atoms. The summed E-state index contributed by atoms with van der Waals surface area (Å²) >= 11 is 0.711. The average molecular weight is 487 g/mol. The predicted molar refractivity (Wildman–Crippen MR) is 118 cm³/mol. The molecule has 31 heavy (non-hydrogen) atoms. The minimum absolute atomic E-state index is 0.00826. The zero-order valence-electron chi connectivity index (χ0n) is 16.6. The van der Waals surface area contributed by atoms with Crippen molar-refractivity contribution in [1.82, 2.24) is 4.90 Å². The average Bonchev–Trinajstić information content (AvgIpc) is 3.11. The third-order valence-electron chi connectivity index (χ3n) is 3.97. The molecule has 2 heterocycles. The first-order chi connectivity index (χ1) is 14.5. The summed E-state index contributed by atoms with van der Waals surface area (Å²) in [6.07, 6.45) is 2.23. The van der Waals surface area contributed by atoms with Crippen LogP contribution < -0.4 is 8.92 Å². The first-order valence-corrected chi connectivity index (χ1v) is 13.1. The second-order valence-corrected chi connectivity index (χ2v) is 10.7. The molecule has 0 aromatic heterocycles. The zero-order chi connectivity index (χ0) is 23.0. The molecule has 3 rings (SSSR count). The molecule has 14 heteroatoms. The Labute approximate surface area is 183 Å². The van der Waals surface area contributed by atoms with Gasteiger partial charge in [0.1, 0.15) is 5.84 Å². The Morgan fingerprint density at radius 1 is 1.19 bits per heavy atom. The van der Waals surface area contributed by atoms with Crippen molar-refractivity contribution in [3.05, 3.63) is 29.3 Å². The highest BCUT2D eigenvalue weighted by Crippen LogP contribution is 2.33. The first kappa shape index (κ1) is 23.0. The summed E-state index contributed by atoms with van der Waals surface area (Å²) in [7, 11) is -7.54. The van der Waals surface area contributed by atoms with Gasteiger partial charge in [-0.2, -0.15) is 17.8 Å². The quantitative estimate of drug-likeness (QED) is 0.357. The van der Waals surface area contributed by atoms with Crippen molar-refractivity contribution in [3.63, 3.8) is 0 Å². The highest BCUT2D eigenvalue weighted by molar-refractivity contribution is 8.16. The molecule has 0 saturated heterocycles. The number of hydrogen-bond acceptors (Lipinski definition) is 10. The van der Waals surface area contributed by atoms with E-state index in [1.54, 1.807) is 6.92 Å². The Kier molecular flexibility index (Phi) is 6.25. The van der Waals surface area contributed by atoms with E-state index in [-0.39, 0.29) is 45.6 Å². The van der Waals surface area contributed by atoms with Crippen LogP contribution in [0.25, 0.3) is 6.08 Å². The van der Waals surface area contributed by atoms with Gasteiger partial charge in [-0.25, -0.2) is 13.3 Å². The van der Waals surface area contributed by atoms with Crippen molar-refractivity contribution >= 4 is 60.1 Å². The van der Waals surface area contributed by atoms with Crippen LogP contribution in [0.2, 0.25) is 0 Å². The van der Waals surface area contributed by atoms with E-state index < -0.39 is 25.9 Å². The lowest BCUT2D eigenvalue weighted by molar-refractivity contribution is -0.114. The summed E-state index contributed by atoms with van der Waals surface area (Å²) < 4.78 is 61.6. The molecule has 1 aromatic rings. The maximum atomic E-state index is 12.5. The minimum Gasteiger partial charge on any atom is -0.490 e. The number of nitrogens with zero attached hydrogens (tertiary/aromatic N) is 3. The van der Waals surface area contributed by atoms with Crippen LogP contribution in [-0.2, 0) is 24.7 Å². The fourth-order valence-corrected chi connectivity index (χ4v) is 5.04. The third kappa shape index (κ3) is 4.80. The lowest BCUT2D eigenvalue weighted by Gasteiger charge is -2.24. The van der Waals surface area contributed by atoms with Crippen LogP contribution in [0.4, 0.5) is 0 Å².